The van der Waals surface area contributed by atoms with E-state index < -0.39 is 0 Å². The number of hydrogen-bond donors (Lipinski definition) is 1. The Hall–Kier alpha value is -3.34. The molecule has 0 saturated carbocycles. The Labute approximate surface area is 188 Å². The molecule has 2 aliphatic heterocycles. The van der Waals surface area contributed by atoms with Gasteiger partial charge < -0.3 is 15.0 Å². The maximum Gasteiger partial charge on any atom is 0.258 e. The molecule has 1 unspecified atom stereocenters. The van der Waals surface area contributed by atoms with Gasteiger partial charge in [0.25, 0.3) is 5.91 Å². The van der Waals surface area contributed by atoms with Gasteiger partial charge in [-0.05, 0) is 50.8 Å². The van der Waals surface area contributed by atoms with E-state index in [1.807, 2.05) is 69.3 Å². The highest BCUT2D eigenvalue weighted by Gasteiger charge is 2.34. The molecular weight excluding hydrogens is 400 g/mol. The Morgan fingerprint density at radius 1 is 1.16 bits per heavy atom. The highest BCUT2D eigenvalue weighted by Crippen LogP contribution is 2.40. The summed E-state index contributed by atoms with van der Waals surface area (Å²) in [4.78, 5) is 27.6. The number of nitrogens with one attached hydrogen (secondary N) is 1. The number of hydrogen-bond acceptors (Lipinski definition) is 3. The lowest BCUT2D eigenvalue weighted by Crippen LogP contribution is -2.41. The van der Waals surface area contributed by atoms with Gasteiger partial charge in [0.1, 0.15) is 11.4 Å². The van der Waals surface area contributed by atoms with Gasteiger partial charge in [-0.1, -0.05) is 42.0 Å². The van der Waals surface area contributed by atoms with Gasteiger partial charge in [0.05, 0.1) is 11.7 Å². The highest BCUT2D eigenvalue weighted by molar-refractivity contribution is 6.25. The lowest BCUT2D eigenvalue weighted by atomic mass is 9.89. The van der Waals surface area contributed by atoms with Gasteiger partial charge in [-0.3, -0.25) is 9.59 Å². The average Bonchev–Trinajstić information content (AvgIpc) is 3.02. The minimum atomic E-state index is -0.341. The summed E-state index contributed by atoms with van der Waals surface area (Å²) in [5.41, 5.74) is 3.53. The van der Waals surface area contributed by atoms with Crippen molar-refractivity contribution in [3.63, 3.8) is 0 Å². The van der Waals surface area contributed by atoms with Crippen molar-refractivity contribution >= 4 is 28.3 Å². The van der Waals surface area contributed by atoms with Crippen LogP contribution >= 0.6 is 0 Å². The molecule has 1 atom stereocenters. The monoisotopic (exact) mass is 428 g/mol. The lowest BCUT2D eigenvalue weighted by molar-refractivity contribution is -0.122. The predicted molar refractivity (Wildman–Crippen MR) is 126 cm³/mol. The topological polar surface area (TPSA) is 58.6 Å². The summed E-state index contributed by atoms with van der Waals surface area (Å²) in [6.07, 6.45) is 1.70. The van der Waals surface area contributed by atoms with Gasteiger partial charge in [-0.2, -0.15) is 0 Å². The van der Waals surface area contributed by atoms with Crippen LogP contribution in [-0.4, -0.2) is 24.0 Å². The summed E-state index contributed by atoms with van der Waals surface area (Å²) in [5, 5.41) is 5.30. The fraction of sp³-hybridized carbons (Fsp3) is 0.333. The van der Waals surface area contributed by atoms with Crippen molar-refractivity contribution in [1.29, 1.82) is 0 Å². The second kappa shape index (κ2) is 7.66. The predicted octanol–water partition coefficient (Wildman–Crippen LogP) is 5.31. The SMILES string of the molecule is Cc1ccc2c(c1)C(NC(=O)CCCN1C(=O)c3cccc4cccc1c34)CC(C)(C)O2. The van der Waals surface area contributed by atoms with Crippen molar-refractivity contribution in [2.45, 2.75) is 51.7 Å². The number of nitrogens with zero attached hydrogens (tertiary/aromatic N) is 1. The van der Waals surface area contributed by atoms with E-state index in [4.69, 9.17) is 4.74 Å². The van der Waals surface area contributed by atoms with E-state index in [1.165, 1.54) is 0 Å². The molecule has 2 amide bonds. The molecule has 2 heterocycles. The zero-order valence-electron chi connectivity index (χ0n) is 18.8. The maximum atomic E-state index is 12.9. The third kappa shape index (κ3) is 3.62. The third-order valence-electron chi connectivity index (χ3n) is 6.39. The smallest absolute Gasteiger partial charge is 0.258 e. The van der Waals surface area contributed by atoms with Crippen LogP contribution in [0.3, 0.4) is 0 Å². The van der Waals surface area contributed by atoms with Crippen molar-refractivity contribution in [3.8, 4) is 5.75 Å². The van der Waals surface area contributed by atoms with E-state index >= 15 is 0 Å². The van der Waals surface area contributed by atoms with Crippen LogP contribution in [0.25, 0.3) is 10.8 Å². The maximum absolute atomic E-state index is 12.9. The van der Waals surface area contributed by atoms with Gasteiger partial charge in [0, 0.05) is 35.9 Å². The first-order valence-electron chi connectivity index (χ1n) is 11.2. The molecule has 5 heteroatoms. The van der Waals surface area contributed by atoms with Gasteiger partial charge in [-0.15, -0.1) is 0 Å². The van der Waals surface area contributed by atoms with Crippen LogP contribution in [0.15, 0.2) is 54.6 Å². The zero-order valence-corrected chi connectivity index (χ0v) is 18.8. The molecule has 5 nitrogen and oxygen atoms in total. The Bertz CT molecular complexity index is 1230. The molecule has 0 fully saturated rings. The normalized spacial score (nSPS) is 18.4. The van der Waals surface area contributed by atoms with Crippen LogP contribution in [0, 0.1) is 6.92 Å². The first-order chi connectivity index (χ1) is 15.3. The molecule has 5 rings (SSSR count). The number of ether oxygens (including phenoxy) is 1. The van der Waals surface area contributed by atoms with Crippen molar-refractivity contribution < 1.29 is 14.3 Å². The molecule has 0 bridgehead atoms. The minimum Gasteiger partial charge on any atom is -0.487 e. The number of carbonyl (C=O) groups excluding carboxylic acids is 2. The van der Waals surface area contributed by atoms with E-state index in [2.05, 4.69) is 11.4 Å². The number of anilines is 1. The first-order valence-corrected chi connectivity index (χ1v) is 11.2. The lowest BCUT2D eigenvalue weighted by Gasteiger charge is -2.38. The summed E-state index contributed by atoms with van der Waals surface area (Å²) >= 11 is 0. The quantitative estimate of drug-likeness (QED) is 0.599. The molecule has 1 N–H and O–H groups in total. The van der Waals surface area contributed by atoms with E-state index in [0.29, 0.717) is 19.4 Å². The molecule has 0 spiro atoms. The fourth-order valence-corrected chi connectivity index (χ4v) is 4.97. The molecule has 3 aromatic rings. The standard InChI is InChI=1S/C27H28N2O3/c1-17-12-13-23-20(15-17)21(16-27(2,3)32-23)28-24(30)11-6-14-29-22-10-5-8-18-7-4-9-19(25(18)22)26(29)31/h4-5,7-10,12-13,15,21H,6,11,14,16H2,1-3H3,(H,28,30). The Morgan fingerprint density at radius 3 is 2.75 bits per heavy atom. The molecule has 164 valence electrons. The Balaban J connectivity index is 1.25. The number of aryl methyl sites for hydroxylation is 1. The van der Waals surface area contributed by atoms with E-state index in [1.54, 1.807) is 4.90 Å². The molecule has 2 aliphatic rings. The number of rotatable bonds is 5. The summed E-state index contributed by atoms with van der Waals surface area (Å²) in [6, 6.07) is 17.9. The third-order valence-corrected chi connectivity index (χ3v) is 6.39. The first kappa shape index (κ1) is 20.6. The molecule has 0 radical (unpaired) electrons. The highest BCUT2D eigenvalue weighted by atomic mass is 16.5. The van der Waals surface area contributed by atoms with Crippen LogP contribution in [0.1, 0.15) is 60.6 Å². The molecule has 0 saturated heterocycles. The number of benzene rings is 3. The van der Waals surface area contributed by atoms with Crippen molar-refractivity contribution in [2.24, 2.45) is 0 Å². The molecule has 0 aliphatic carbocycles. The minimum absolute atomic E-state index is 0.00234. The zero-order chi connectivity index (χ0) is 22.5. The van der Waals surface area contributed by atoms with Gasteiger partial charge >= 0.3 is 0 Å². The summed E-state index contributed by atoms with van der Waals surface area (Å²) < 4.78 is 6.11. The average molecular weight is 429 g/mol. The van der Waals surface area contributed by atoms with Crippen LogP contribution < -0.4 is 15.0 Å². The van der Waals surface area contributed by atoms with Crippen LogP contribution in [0.2, 0.25) is 0 Å². The summed E-state index contributed by atoms with van der Waals surface area (Å²) in [6.45, 7) is 6.66. The Morgan fingerprint density at radius 2 is 1.94 bits per heavy atom. The Kier molecular flexibility index (Phi) is 4.92. The van der Waals surface area contributed by atoms with Gasteiger partial charge in [0.15, 0.2) is 0 Å². The second-order valence-corrected chi connectivity index (χ2v) is 9.47. The van der Waals surface area contributed by atoms with Crippen molar-refractivity contribution in [1.82, 2.24) is 5.32 Å². The number of carbonyl (C=O) groups is 2. The summed E-state index contributed by atoms with van der Waals surface area (Å²) in [5.74, 6) is 0.862. The molecule has 3 aromatic carbocycles. The summed E-state index contributed by atoms with van der Waals surface area (Å²) in [7, 11) is 0. The van der Waals surface area contributed by atoms with Crippen LogP contribution in [-0.2, 0) is 4.79 Å². The van der Waals surface area contributed by atoms with Crippen LogP contribution in [0.5, 0.6) is 5.75 Å². The molecular formula is C27H28N2O3. The van der Waals surface area contributed by atoms with Crippen molar-refractivity contribution in [2.75, 3.05) is 11.4 Å². The largest absolute Gasteiger partial charge is 0.487 e. The van der Waals surface area contributed by atoms with E-state index in [9.17, 15) is 9.59 Å². The number of amides is 2. The van der Waals surface area contributed by atoms with Crippen LogP contribution in [0.4, 0.5) is 5.69 Å². The van der Waals surface area contributed by atoms with Crippen molar-refractivity contribution in [3.05, 3.63) is 71.3 Å². The fourth-order valence-electron chi connectivity index (χ4n) is 4.97. The molecule has 0 aromatic heterocycles. The van der Waals surface area contributed by atoms with E-state index in [0.717, 1.165) is 45.3 Å². The van der Waals surface area contributed by atoms with Gasteiger partial charge in [-0.25, -0.2) is 0 Å². The van der Waals surface area contributed by atoms with Gasteiger partial charge in [0.2, 0.25) is 5.91 Å². The van der Waals surface area contributed by atoms with E-state index in [-0.39, 0.29) is 23.5 Å². The molecule has 32 heavy (non-hydrogen) atoms. The number of fused-ring (bicyclic) bond motifs is 1. The second-order valence-electron chi connectivity index (χ2n) is 9.47.